The molecule has 0 aromatic heterocycles. The number of hydrogen-bond donors (Lipinski definition) is 0. The molecule has 0 amide bonds. The third-order valence-corrected chi connectivity index (χ3v) is 1.51. The van der Waals surface area contributed by atoms with Gasteiger partial charge in [0.2, 0.25) is 0 Å². The van der Waals surface area contributed by atoms with Gasteiger partial charge in [-0.05, 0) is 18.4 Å². The van der Waals surface area contributed by atoms with E-state index in [2.05, 4.69) is 38.8 Å². The van der Waals surface area contributed by atoms with Crippen LogP contribution in [0.3, 0.4) is 0 Å². The Kier molecular flexibility index (Phi) is 4.34. The summed E-state index contributed by atoms with van der Waals surface area (Å²) in [7, 11) is 0. The van der Waals surface area contributed by atoms with Crippen LogP contribution in [0.4, 0.5) is 0 Å². The Hall–Kier alpha value is -1.05. The molecule has 0 radical (unpaired) electrons. The quantitative estimate of drug-likeness (QED) is 0.348. The molecule has 0 saturated heterocycles. The van der Waals surface area contributed by atoms with Gasteiger partial charge in [0, 0.05) is 13.3 Å². The molecule has 0 spiro atoms. The fourth-order valence-electron chi connectivity index (χ4n) is 0.819. The topological polar surface area (TPSA) is 15.6 Å². The van der Waals surface area contributed by atoms with Crippen LogP contribution < -0.4 is 0 Å². The molecule has 2 nitrogen and oxygen atoms in total. The maximum Gasteiger partial charge on any atom is 0.0545 e. The highest BCUT2D eigenvalue weighted by atomic mass is 15.4. The first kappa shape index (κ1) is 11.0. The molecule has 0 fully saturated rings. The Labute approximate surface area is 75.3 Å². The van der Waals surface area contributed by atoms with Gasteiger partial charge >= 0.3 is 0 Å². The van der Waals surface area contributed by atoms with E-state index in [0.717, 1.165) is 17.8 Å². The second kappa shape index (κ2) is 4.75. The fraction of sp³-hybridized carbons (Fsp3) is 0.500. The summed E-state index contributed by atoms with van der Waals surface area (Å²) < 4.78 is 0. The molecule has 0 N–H and O–H groups in total. The molecule has 0 bridgehead atoms. The monoisotopic (exact) mass is 166 g/mol. The zero-order chi connectivity index (χ0) is 9.72. The van der Waals surface area contributed by atoms with Crippen LogP contribution in [0, 0.1) is 5.92 Å². The van der Waals surface area contributed by atoms with Crippen molar-refractivity contribution in [2.24, 2.45) is 11.0 Å². The minimum absolute atomic E-state index is 0.548. The summed E-state index contributed by atoms with van der Waals surface area (Å²) in [6, 6.07) is 0. The first-order valence-corrected chi connectivity index (χ1v) is 4.08. The van der Waals surface area contributed by atoms with Gasteiger partial charge in [0.15, 0.2) is 0 Å². The van der Waals surface area contributed by atoms with E-state index in [-0.39, 0.29) is 0 Å². The Morgan fingerprint density at radius 3 is 2.17 bits per heavy atom. The summed E-state index contributed by atoms with van der Waals surface area (Å²) in [4.78, 5) is 0. The van der Waals surface area contributed by atoms with E-state index in [1.165, 1.54) is 0 Å². The predicted molar refractivity (Wildman–Crippen MR) is 55.0 cm³/mol. The normalized spacial score (nSPS) is 9.67. The van der Waals surface area contributed by atoms with Crippen LogP contribution in [0.5, 0.6) is 0 Å². The summed E-state index contributed by atoms with van der Waals surface area (Å²) in [6.07, 6.45) is 0. The first-order valence-electron chi connectivity index (χ1n) is 4.08. The van der Waals surface area contributed by atoms with Gasteiger partial charge in [0.05, 0.1) is 5.70 Å². The summed E-state index contributed by atoms with van der Waals surface area (Å²) in [5, 5.41) is 5.66. The SMILES string of the molecule is C=NN(CC(C)C)C(=C)C(=C)C. The molecule has 0 rings (SSSR count). The van der Waals surface area contributed by atoms with Gasteiger partial charge < -0.3 is 0 Å². The Bertz CT molecular complexity index is 192. The van der Waals surface area contributed by atoms with Crippen molar-refractivity contribution in [3.05, 3.63) is 24.4 Å². The zero-order valence-electron chi connectivity index (χ0n) is 8.30. The van der Waals surface area contributed by atoms with Crippen molar-refractivity contribution in [3.8, 4) is 0 Å². The van der Waals surface area contributed by atoms with E-state index in [4.69, 9.17) is 0 Å². The molecule has 0 unspecified atom stereocenters. The number of hydrogen-bond acceptors (Lipinski definition) is 2. The second-order valence-electron chi connectivity index (χ2n) is 3.34. The lowest BCUT2D eigenvalue weighted by atomic mass is 10.2. The van der Waals surface area contributed by atoms with E-state index in [1.807, 2.05) is 6.92 Å². The number of hydrazone groups is 1. The average molecular weight is 166 g/mol. The molecule has 0 aliphatic heterocycles. The van der Waals surface area contributed by atoms with Gasteiger partial charge in [-0.1, -0.05) is 27.0 Å². The molecule has 0 aliphatic carbocycles. The van der Waals surface area contributed by atoms with Crippen LogP contribution in [0.1, 0.15) is 20.8 Å². The van der Waals surface area contributed by atoms with Gasteiger partial charge in [-0.25, -0.2) is 0 Å². The molecule has 12 heavy (non-hydrogen) atoms. The third kappa shape index (κ3) is 3.37. The van der Waals surface area contributed by atoms with E-state index < -0.39 is 0 Å². The minimum atomic E-state index is 0.548. The lowest BCUT2D eigenvalue weighted by Gasteiger charge is -2.22. The summed E-state index contributed by atoms with van der Waals surface area (Å²) in [6.45, 7) is 18.2. The molecule has 0 atom stereocenters. The lowest BCUT2D eigenvalue weighted by molar-refractivity contribution is 0.328. The highest BCUT2D eigenvalue weighted by Crippen LogP contribution is 2.12. The van der Waals surface area contributed by atoms with Crippen molar-refractivity contribution in [1.29, 1.82) is 0 Å². The second-order valence-corrected chi connectivity index (χ2v) is 3.34. The summed E-state index contributed by atoms with van der Waals surface area (Å²) >= 11 is 0. The molecule has 0 aromatic rings. The van der Waals surface area contributed by atoms with Crippen molar-refractivity contribution in [1.82, 2.24) is 5.01 Å². The smallest absolute Gasteiger partial charge is 0.0545 e. The molecule has 68 valence electrons. The Morgan fingerprint density at radius 2 is 1.92 bits per heavy atom. The van der Waals surface area contributed by atoms with Crippen molar-refractivity contribution in [2.75, 3.05) is 6.54 Å². The molecule has 0 saturated carbocycles. The molecule has 0 heterocycles. The maximum absolute atomic E-state index is 3.87. The van der Waals surface area contributed by atoms with Crippen LogP contribution in [0.25, 0.3) is 0 Å². The van der Waals surface area contributed by atoms with E-state index >= 15 is 0 Å². The minimum Gasteiger partial charge on any atom is -0.266 e. The Morgan fingerprint density at radius 1 is 1.42 bits per heavy atom. The van der Waals surface area contributed by atoms with Gasteiger partial charge in [-0.15, -0.1) is 0 Å². The van der Waals surface area contributed by atoms with Crippen LogP contribution in [0.15, 0.2) is 29.5 Å². The zero-order valence-corrected chi connectivity index (χ0v) is 8.30. The molecule has 0 aromatic carbocycles. The highest BCUT2D eigenvalue weighted by Gasteiger charge is 2.07. The van der Waals surface area contributed by atoms with Crippen LogP contribution in [-0.4, -0.2) is 18.3 Å². The van der Waals surface area contributed by atoms with Crippen LogP contribution >= 0.6 is 0 Å². The lowest BCUT2D eigenvalue weighted by Crippen LogP contribution is -2.21. The van der Waals surface area contributed by atoms with E-state index in [0.29, 0.717) is 5.92 Å². The van der Waals surface area contributed by atoms with Crippen molar-refractivity contribution >= 4 is 6.72 Å². The summed E-state index contributed by atoms with van der Waals surface area (Å²) in [5.74, 6) is 0.548. The van der Waals surface area contributed by atoms with Gasteiger partial charge in [0.1, 0.15) is 0 Å². The number of allylic oxidation sites excluding steroid dienone is 1. The standard InChI is InChI=1S/C10H18N2/c1-8(2)7-12(11-6)10(5)9(3)4/h8H,3,5-7H2,1-2,4H3. The largest absolute Gasteiger partial charge is 0.266 e. The summed E-state index contributed by atoms with van der Waals surface area (Å²) in [5.41, 5.74) is 1.78. The molecular weight excluding hydrogens is 148 g/mol. The van der Waals surface area contributed by atoms with Crippen molar-refractivity contribution in [3.63, 3.8) is 0 Å². The molecule has 0 aliphatic rings. The van der Waals surface area contributed by atoms with Gasteiger partial charge in [-0.2, -0.15) is 5.10 Å². The third-order valence-electron chi connectivity index (χ3n) is 1.51. The van der Waals surface area contributed by atoms with Crippen LogP contribution in [-0.2, 0) is 0 Å². The van der Waals surface area contributed by atoms with Gasteiger partial charge in [-0.3, -0.25) is 5.01 Å². The highest BCUT2D eigenvalue weighted by molar-refractivity contribution is 5.27. The fourth-order valence-corrected chi connectivity index (χ4v) is 0.819. The molecular formula is C10H18N2. The van der Waals surface area contributed by atoms with E-state index in [9.17, 15) is 0 Å². The molecule has 2 heteroatoms. The van der Waals surface area contributed by atoms with Crippen molar-refractivity contribution < 1.29 is 0 Å². The number of rotatable bonds is 5. The predicted octanol–water partition coefficient (Wildman–Crippen LogP) is 2.65. The maximum atomic E-state index is 3.87. The van der Waals surface area contributed by atoms with E-state index in [1.54, 1.807) is 5.01 Å². The number of nitrogens with zero attached hydrogens (tertiary/aromatic N) is 2. The Balaban J connectivity index is 4.25. The average Bonchev–Trinajstić information content (AvgIpc) is 1.98. The van der Waals surface area contributed by atoms with Crippen LogP contribution in [0.2, 0.25) is 0 Å². The first-order chi connectivity index (χ1) is 5.49. The van der Waals surface area contributed by atoms with Gasteiger partial charge in [0.25, 0.3) is 0 Å². The van der Waals surface area contributed by atoms with Crippen molar-refractivity contribution in [2.45, 2.75) is 20.8 Å².